The van der Waals surface area contributed by atoms with E-state index < -0.39 is 17.6 Å². The molecule has 34 heavy (non-hydrogen) atoms. The van der Waals surface area contributed by atoms with Crippen LogP contribution in [-0.4, -0.2) is 41.2 Å². The van der Waals surface area contributed by atoms with Crippen molar-refractivity contribution in [2.45, 2.75) is 77.2 Å². The highest BCUT2D eigenvalue weighted by Crippen LogP contribution is 2.31. The lowest BCUT2D eigenvalue weighted by molar-refractivity contribution is -0.137. The van der Waals surface area contributed by atoms with Gasteiger partial charge in [0.25, 0.3) is 5.91 Å². The van der Waals surface area contributed by atoms with E-state index in [1.54, 1.807) is 0 Å². The van der Waals surface area contributed by atoms with E-state index in [2.05, 4.69) is 30.7 Å². The molecule has 2 saturated heterocycles. The molecule has 2 fully saturated rings. The number of likely N-dealkylation sites (tertiary alicyclic amines) is 1. The number of nitrogens with zero attached hydrogens (tertiary/aromatic N) is 3. The van der Waals surface area contributed by atoms with Crippen LogP contribution < -0.4 is 4.80 Å². The maximum absolute atomic E-state index is 13.5. The van der Waals surface area contributed by atoms with Gasteiger partial charge in [-0.25, -0.2) is 0 Å². The van der Waals surface area contributed by atoms with E-state index in [1.807, 2.05) is 10.8 Å². The number of amides is 1. The largest absolute Gasteiger partial charge is 0.416 e. The highest BCUT2D eigenvalue weighted by Gasteiger charge is 2.32. The number of aromatic nitrogens is 1. The fourth-order valence-corrected chi connectivity index (χ4v) is 5.43. The predicted octanol–water partition coefficient (Wildman–Crippen LogP) is 5.38. The highest BCUT2D eigenvalue weighted by molar-refractivity contribution is 7.09. The number of hydrogen-bond acceptors (Lipinski definition) is 4. The van der Waals surface area contributed by atoms with Crippen LogP contribution in [0.1, 0.15) is 72.8 Å². The minimum absolute atomic E-state index is 0.0242. The van der Waals surface area contributed by atoms with E-state index in [0.717, 1.165) is 62.4 Å². The van der Waals surface area contributed by atoms with Gasteiger partial charge in [-0.3, -0.25) is 9.69 Å². The number of thiazole rings is 1. The van der Waals surface area contributed by atoms with E-state index >= 15 is 0 Å². The molecule has 4 rings (SSSR count). The first-order valence-corrected chi connectivity index (χ1v) is 12.7. The van der Waals surface area contributed by atoms with Crippen molar-refractivity contribution >= 4 is 17.2 Å². The van der Waals surface area contributed by atoms with Crippen LogP contribution in [-0.2, 0) is 29.4 Å². The lowest BCUT2D eigenvalue weighted by Gasteiger charge is -2.17. The Morgan fingerprint density at radius 1 is 1.18 bits per heavy atom. The lowest BCUT2D eigenvalue weighted by atomic mass is 9.95. The number of ether oxygens (including phenoxy) is 1. The van der Waals surface area contributed by atoms with Crippen molar-refractivity contribution in [2.75, 3.05) is 19.7 Å². The van der Waals surface area contributed by atoms with E-state index in [-0.39, 0.29) is 17.1 Å². The molecule has 2 aliphatic rings. The first kappa shape index (κ1) is 25.1. The molecule has 0 saturated carbocycles. The summed E-state index contributed by atoms with van der Waals surface area (Å²) in [6.45, 7) is 9.76. The summed E-state index contributed by atoms with van der Waals surface area (Å²) in [5, 5.41) is 0. The molecule has 1 aromatic carbocycles. The molecule has 1 aromatic heterocycles. The van der Waals surface area contributed by atoms with Gasteiger partial charge in [-0.1, -0.05) is 26.8 Å². The van der Waals surface area contributed by atoms with Crippen molar-refractivity contribution < 1.29 is 22.7 Å². The molecular formula is C25H32F3N3O2S. The molecule has 0 aliphatic carbocycles. The second-order valence-corrected chi connectivity index (χ2v) is 11.2. The fraction of sp³-hybridized carbons (Fsp3) is 0.600. The summed E-state index contributed by atoms with van der Waals surface area (Å²) >= 11 is 1.41. The van der Waals surface area contributed by atoms with Crippen LogP contribution in [0.15, 0.2) is 29.4 Å². The molecule has 0 spiro atoms. The number of carbonyl (C=O) groups is 1. The topological polar surface area (TPSA) is 46.8 Å². The second kappa shape index (κ2) is 9.95. The van der Waals surface area contributed by atoms with Gasteiger partial charge < -0.3 is 9.30 Å². The minimum Gasteiger partial charge on any atom is -0.376 e. The molecule has 5 nitrogen and oxygen atoms in total. The Labute approximate surface area is 202 Å². The molecule has 2 aromatic rings. The summed E-state index contributed by atoms with van der Waals surface area (Å²) in [7, 11) is 0. The second-order valence-electron chi connectivity index (χ2n) is 10.2. The van der Waals surface area contributed by atoms with E-state index in [4.69, 9.17) is 4.74 Å². The van der Waals surface area contributed by atoms with Crippen LogP contribution in [0.5, 0.6) is 0 Å². The molecule has 1 amide bonds. The van der Waals surface area contributed by atoms with Gasteiger partial charge in [0.05, 0.1) is 18.2 Å². The Bertz CT molecular complexity index is 1090. The van der Waals surface area contributed by atoms with Gasteiger partial charge in [-0.15, -0.1) is 11.3 Å². The van der Waals surface area contributed by atoms with Crippen LogP contribution in [0.25, 0.3) is 0 Å². The van der Waals surface area contributed by atoms with Gasteiger partial charge >= 0.3 is 6.18 Å². The quantitative estimate of drug-likeness (QED) is 0.560. The van der Waals surface area contributed by atoms with Gasteiger partial charge in [0, 0.05) is 29.8 Å². The van der Waals surface area contributed by atoms with E-state index in [0.29, 0.717) is 23.5 Å². The number of carbonyl (C=O) groups excluding carboxylic acids is 1. The van der Waals surface area contributed by atoms with Crippen molar-refractivity contribution in [3.63, 3.8) is 0 Å². The fourth-order valence-electron chi connectivity index (χ4n) is 4.37. The Morgan fingerprint density at radius 2 is 1.91 bits per heavy atom. The molecular weight excluding hydrogens is 463 g/mol. The summed E-state index contributed by atoms with van der Waals surface area (Å²) in [6, 6.07) is 3.45. The van der Waals surface area contributed by atoms with Crippen molar-refractivity contribution in [2.24, 2.45) is 4.99 Å². The molecule has 2 aliphatic heterocycles. The van der Waals surface area contributed by atoms with Gasteiger partial charge in [-0.2, -0.15) is 18.2 Å². The Hall–Kier alpha value is -1.97. The number of benzene rings is 1. The van der Waals surface area contributed by atoms with Crippen LogP contribution >= 0.6 is 11.3 Å². The molecule has 0 radical (unpaired) electrons. The summed E-state index contributed by atoms with van der Waals surface area (Å²) in [6.07, 6.45) is 1.57. The third kappa shape index (κ3) is 5.98. The van der Waals surface area contributed by atoms with Gasteiger partial charge in [0.2, 0.25) is 0 Å². The molecule has 1 atom stereocenters. The van der Waals surface area contributed by atoms with Crippen LogP contribution in [0.2, 0.25) is 0 Å². The van der Waals surface area contributed by atoms with Crippen LogP contribution in [0.3, 0.4) is 0 Å². The van der Waals surface area contributed by atoms with E-state index in [9.17, 15) is 18.0 Å². The zero-order valence-electron chi connectivity index (χ0n) is 20.0. The number of alkyl halides is 3. The zero-order valence-corrected chi connectivity index (χ0v) is 20.8. The summed E-state index contributed by atoms with van der Waals surface area (Å²) in [5.41, 5.74) is -0.361. The number of rotatable bonds is 5. The Morgan fingerprint density at radius 3 is 2.53 bits per heavy atom. The molecule has 186 valence electrons. The minimum atomic E-state index is -4.52. The summed E-state index contributed by atoms with van der Waals surface area (Å²) in [5.74, 6) is -0.635. The highest BCUT2D eigenvalue weighted by atomic mass is 32.1. The lowest BCUT2D eigenvalue weighted by Crippen LogP contribution is -2.24. The first-order chi connectivity index (χ1) is 16.0. The smallest absolute Gasteiger partial charge is 0.376 e. The van der Waals surface area contributed by atoms with Crippen molar-refractivity contribution in [3.8, 4) is 0 Å². The molecule has 0 N–H and O–H groups in total. The molecule has 3 heterocycles. The molecule has 0 bridgehead atoms. The predicted molar refractivity (Wildman–Crippen MR) is 126 cm³/mol. The zero-order chi connectivity index (χ0) is 24.5. The van der Waals surface area contributed by atoms with Crippen LogP contribution in [0.4, 0.5) is 13.2 Å². The Kier molecular flexibility index (Phi) is 7.36. The van der Waals surface area contributed by atoms with Crippen molar-refractivity contribution in [1.29, 1.82) is 0 Å². The summed E-state index contributed by atoms with van der Waals surface area (Å²) in [4.78, 5) is 21.4. The van der Waals surface area contributed by atoms with Gasteiger partial charge in [0.1, 0.15) is 0 Å². The average molecular weight is 496 g/mol. The first-order valence-electron chi connectivity index (χ1n) is 11.8. The number of hydrogen-bond donors (Lipinski definition) is 0. The van der Waals surface area contributed by atoms with Gasteiger partial charge in [-0.05, 0) is 61.9 Å². The Balaban J connectivity index is 1.73. The summed E-state index contributed by atoms with van der Waals surface area (Å²) < 4.78 is 48.1. The van der Waals surface area contributed by atoms with Gasteiger partial charge in [0.15, 0.2) is 4.80 Å². The molecule has 9 heteroatoms. The monoisotopic (exact) mass is 495 g/mol. The van der Waals surface area contributed by atoms with Crippen LogP contribution in [0, 0.1) is 0 Å². The average Bonchev–Trinajstić information content (AvgIpc) is 3.51. The maximum Gasteiger partial charge on any atom is 0.416 e. The SMILES string of the molecule is CC(C)(C)c1cn(C[C@H]2CCCO2)/c(=N/C(=O)c2cc(C(F)(F)F)ccc2CN2CCCC2)s1. The van der Waals surface area contributed by atoms with Crippen molar-refractivity contribution in [1.82, 2.24) is 9.47 Å². The molecule has 0 unspecified atom stereocenters. The number of halogens is 3. The third-order valence-corrected chi connectivity index (χ3v) is 7.79. The van der Waals surface area contributed by atoms with E-state index in [1.165, 1.54) is 17.4 Å². The standard InChI is InChI=1S/C25H32F3N3O2S/c1-24(2,3)21-16-31(15-19-7-6-12-33-19)23(34-21)29-22(32)20-13-18(25(26,27)28)9-8-17(20)14-30-10-4-5-11-30/h8-9,13,16,19H,4-7,10-12,14-15H2,1-3H3/b29-23-/t19-/m1/s1. The maximum atomic E-state index is 13.5. The normalized spacial score (nSPS) is 20.4. The van der Waals surface area contributed by atoms with Crippen molar-refractivity contribution in [3.05, 3.63) is 50.8 Å². The third-order valence-electron chi connectivity index (χ3n) is 6.34.